The molecule has 3 aliphatic carbocycles. The zero-order valence-electron chi connectivity index (χ0n) is 11.1. The van der Waals surface area contributed by atoms with Crippen LogP contribution in [-0.4, -0.2) is 13.6 Å². The van der Waals surface area contributed by atoms with Crippen molar-refractivity contribution in [3.8, 4) is 0 Å². The summed E-state index contributed by atoms with van der Waals surface area (Å²) in [6, 6.07) is 17.8. The molecule has 5 rings (SSSR count). The second kappa shape index (κ2) is 3.82. The molecule has 3 aliphatic rings. The molecule has 0 aromatic heterocycles. The standard InChI is InChI=1S/C18H17N/c1-19-12-18-11-10-13(14-6-2-4-8-16(14)18)15-7-3-5-9-17(15)18/h2-11,13,19H,12H2,1H3. The largest absolute Gasteiger partial charge is 0.318 e. The van der Waals surface area contributed by atoms with E-state index in [0.29, 0.717) is 5.92 Å². The van der Waals surface area contributed by atoms with Gasteiger partial charge in [-0.1, -0.05) is 60.7 Å². The highest BCUT2D eigenvalue weighted by Crippen LogP contribution is 2.51. The average molecular weight is 247 g/mol. The van der Waals surface area contributed by atoms with E-state index in [1.54, 1.807) is 0 Å². The van der Waals surface area contributed by atoms with Crippen molar-refractivity contribution < 1.29 is 0 Å². The smallest absolute Gasteiger partial charge is 0.0512 e. The van der Waals surface area contributed by atoms with Gasteiger partial charge >= 0.3 is 0 Å². The van der Waals surface area contributed by atoms with Crippen LogP contribution in [0.15, 0.2) is 60.7 Å². The number of likely N-dealkylation sites (N-methyl/N-ethyl adjacent to an activating group) is 1. The Kier molecular flexibility index (Phi) is 2.21. The van der Waals surface area contributed by atoms with Crippen LogP contribution < -0.4 is 5.32 Å². The van der Waals surface area contributed by atoms with E-state index in [1.165, 1.54) is 22.3 Å². The van der Waals surface area contributed by atoms with Crippen LogP contribution >= 0.6 is 0 Å². The van der Waals surface area contributed by atoms with Crippen LogP contribution in [0.25, 0.3) is 0 Å². The first-order valence-electron chi connectivity index (χ1n) is 6.89. The van der Waals surface area contributed by atoms with Crippen LogP contribution in [0.3, 0.4) is 0 Å². The van der Waals surface area contributed by atoms with Crippen LogP contribution in [0.4, 0.5) is 0 Å². The van der Waals surface area contributed by atoms with E-state index >= 15 is 0 Å². The summed E-state index contributed by atoms with van der Waals surface area (Å²) in [5.41, 5.74) is 5.89. The molecular formula is C18H17N. The van der Waals surface area contributed by atoms with Crippen molar-refractivity contribution in [3.63, 3.8) is 0 Å². The van der Waals surface area contributed by atoms with Gasteiger partial charge in [0.15, 0.2) is 0 Å². The third kappa shape index (κ3) is 1.28. The van der Waals surface area contributed by atoms with E-state index in [-0.39, 0.29) is 5.41 Å². The number of hydrogen-bond donors (Lipinski definition) is 1. The van der Waals surface area contributed by atoms with E-state index < -0.39 is 0 Å². The van der Waals surface area contributed by atoms with Crippen molar-refractivity contribution >= 4 is 0 Å². The zero-order valence-corrected chi connectivity index (χ0v) is 11.1. The fraction of sp³-hybridized carbons (Fsp3) is 0.222. The van der Waals surface area contributed by atoms with Crippen LogP contribution in [-0.2, 0) is 5.41 Å². The molecule has 0 atom stereocenters. The van der Waals surface area contributed by atoms with Crippen LogP contribution in [0, 0.1) is 0 Å². The first-order valence-corrected chi connectivity index (χ1v) is 6.89. The Balaban J connectivity index is 2.07. The number of rotatable bonds is 2. The lowest BCUT2D eigenvalue weighted by Crippen LogP contribution is -2.43. The SMILES string of the molecule is CNCC12C=CC(c3ccccc31)c1ccccc12. The maximum atomic E-state index is 3.38. The van der Waals surface area contributed by atoms with Gasteiger partial charge in [-0.25, -0.2) is 0 Å². The highest BCUT2D eigenvalue weighted by Gasteiger charge is 2.44. The lowest BCUT2D eigenvalue weighted by molar-refractivity contribution is 0.544. The predicted octanol–water partition coefficient (Wildman–Crippen LogP) is 3.21. The minimum Gasteiger partial charge on any atom is -0.318 e. The van der Waals surface area contributed by atoms with Gasteiger partial charge in [0.1, 0.15) is 0 Å². The van der Waals surface area contributed by atoms with Gasteiger partial charge in [0.05, 0.1) is 5.41 Å². The maximum Gasteiger partial charge on any atom is 0.0512 e. The molecular weight excluding hydrogens is 230 g/mol. The van der Waals surface area contributed by atoms with Gasteiger partial charge in [-0.3, -0.25) is 0 Å². The van der Waals surface area contributed by atoms with Crippen molar-refractivity contribution in [1.82, 2.24) is 5.32 Å². The quantitative estimate of drug-likeness (QED) is 0.804. The van der Waals surface area contributed by atoms with Gasteiger partial charge in [-0.05, 0) is 29.3 Å². The molecule has 0 spiro atoms. The first-order chi connectivity index (χ1) is 9.37. The molecule has 0 unspecified atom stereocenters. The van der Waals surface area contributed by atoms with Gasteiger partial charge in [-0.15, -0.1) is 0 Å². The number of hydrogen-bond acceptors (Lipinski definition) is 1. The van der Waals surface area contributed by atoms with Crippen molar-refractivity contribution in [1.29, 1.82) is 0 Å². The third-order valence-electron chi connectivity index (χ3n) is 4.58. The summed E-state index contributed by atoms with van der Waals surface area (Å²) in [6.07, 6.45) is 4.78. The molecule has 1 N–H and O–H groups in total. The van der Waals surface area contributed by atoms with E-state index in [0.717, 1.165) is 6.54 Å². The van der Waals surface area contributed by atoms with E-state index in [1.807, 2.05) is 7.05 Å². The highest BCUT2D eigenvalue weighted by atomic mass is 14.8. The van der Waals surface area contributed by atoms with Crippen molar-refractivity contribution in [2.75, 3.05) is 13.6 Å². The molecule has 19 heavy (non-hydrogen) atoms. The Hall–Kier alpha value is -1.86. The van der Waals surface area contributed by atoms with Crippen LogP contribution in [0.1, 0.15) is 28.2 Å². The van der Waals surface area contributed by atoms with E-state index in [4.69, 9.17) is 0 Å². The number of allylic oxidation sites excluding steroid dienone is 1. The third-order valence-corrected chi connectivity index (χ3v) is 4.58. The van der Waals surface area contributed by atoms with Crippen molar-refractivity contribution in [2.24, 2.45) is 0 Å². The second-order valence-electron chi connectivity index (χ2n) is 5.51. The molecule has 0 amide bonds. The lowest BCUT2D eigenvalue weighted by atomic mass is 9.59. The maximum absolute atomic E-state index is 3.38. The van der Waals surface area contributed by atoms with Gasteiger partial charge in [0.25, 0.3) is 0 Å². The Bertz CT molecular complexity index is 621. The molecule has 1 heteroatoms. The summed E-state index contributed by atoms with van der Waals surface area (Å²) in [6.45, 7) is 0.949. The Morgan fingerprint density at radius 1 is 0.947 bits per heavy atom. The zero-order chi connectivity index (χ0) is 12.9. The number of nitrogens with one attached hydrogen (secondary N) is 1. The van der Waals surface area contributed by atoms with Crippen LogP contribution in [0.5, 0.6) is 0 Å². The van der Waals surface area contributed by atoms with Crippen molar-refractivity contribution in [3.05, 3.63) is 82.9 Å². The molecule has 0 aliphatic heterocycles. The topological polar surface area (TPSA) is 12.0 Å². The van der Waals surface area contributed by atoms with E-state index in [2.05, 4.69) is 66.0 Å². The molecule has 0 saturated heterocycles. The Labute approximate surface area is 114 Å². The molecule has 2 bridgehead atoms. The molecule has 2 aromatic rings. The van der Waals surface area contributed by atoms with Gasteiger partial charge in [0.2, 0.25) is 0 Å². The molecule has 0 saturated carbocycles. The highest BCUT2D eigenvalue weighted by molar-refractivity contribution is 5.64. The fourth-order valence-corrected chi connectivity index (χ4v) is 3.84. The summed E-state index contributed by atoms with van der Waals surface area (Å²) in [7, 11) is 2.04. The predicted molar refractivity (Wildman–Crippen MR) is 78.6 cm³/mol. The Morgan fingerprint density at radius 3 is 2.11 bits per heavy atom. The first kappa shape index (κ1) is 11.0. The molecule has 0 heterocycles. The second-order valence-corrected chi connectivity index (χ2v) is 5.51. The normalized spacial score (nSPS) is 26.1. The summed E-state index contributed by atoms with van der Waals surface area (Å²) >= 11 is 0. The Morgan fingerprint density at radius 2 is 1.53 bits per heavy atom. The summed E-state index contributed by atoms with van der Waals surface area (Å²) in [4.78, 5) is 0. The molecule has 0 radical (unpaired) electrons. The number of benzene rings is 2. The lowest BCUT2D eigenvalue weighted by Gasteiger charge is -2.45. The molecule has 1 nitrogen and oxygen atoms in total. The molecule has 2 aromatic carbocycles. The van der Waals surface area contributed by atoms with Gasteiger partial charge < -0.3 is 5.32 Å². The fourth-order valence-electron chi connectivity index (χ4n) is 3.84. The summed E-state index contributed by atoms with van der Waals surface area (Å²) < 4.78 is 0. The van der Waals surface area contributed by atoms with Gasteiger partial charge in [-0.2, -0.15) is 0 Å². The van der Waals surface area contributed by atoms with Crippen LogP contribution in [0.2, 0.25) is 0 Å². The molecule has 0 fully saturated rings. The van der Waals surface area contributed by atoms with E-state index in [9.17, 15) is 0 Å². The molecule has 94 valence electrons. The summed E-state index contributed by atoms with van der Waals surface area (Å²) in [5.74, 6) is 0.436. The van der Waals surface area contributed by atoms with Crippen molar-refractivity contribution in [2.45, 2.75) is 11.3 Å². The monoisotopic (exact) mass is 247 g/mol. The minimum atomic E-state index is 0.0106. The average Bonchev–Trinajstić information content (AvgIpc) is 2.49. The minimum absolute atomic E-state index is 0.0106. The summed E-state index contributed by atoms with van der Waals surface area (Å²) in [5, 5.41) is 3.38. The van der Waals surface area contributed by atoms with Gasteiger partial charge in [0, 0.05) is 12.5 Å².